The molecule has 3 atom stereocenters. The predicted octanol–water partition coefficient (Wildman–Crippen LogP) is 2.69. The number of benzene rings is 1. The van der Waals surface area contributed by atoms with Gasteiger partial charge in [0.05, 0.1) is 12.6 Å². The molecule has 0 saturated carbocycles. The highest BCUT2D eigenvalue weighted by Gasteiger charge is 2.30. The summed E-state index contributed by atoms with van der Waals surface area (Å²) in [5, 5.41) is 9.76. The first-order valence-electron chi connectivity index (χ1n) is 8.17. The van der Waals surface area contributed by atoms with Gasteiger partial charge in [0.15, 0.2) is 5.82 Å². The van der Waals surface area contributed by atoms with Crippen molar-refractivity contribution in [3.63, 3.8) is 0 Å². The van der Waals surface area contributed by atoms with Crippen molar-refractivity contribution in [3.05, 3.63) is 41.5 Å². The lowest BCUT2D eigenvalue weighted by Gasteiger charge is -2.22. The van der Waals surface area contributed by atoms with Gasteiger partial charge in [0.1, 0.15) is 5.75 Å². The van der Waals surface area contributed by atoms with Gasteiger partial charge in [0, 0.05) is 24.4 Å². The van der Waals surface area contributed by atoms with Crippen LogP contribution in [-0.2, 0) is 0 Å². The standard InChI is InChI=1S/C17H22N4O3/c1-4-14(16-19-11(3)24-21-16)20-17(22)18-10(2)13-9-23-15-8-6-5-7-12(13)15/h5-8,10,13-14H,4,9H2,1-3H3,(H2,18,20,22)/t10-,13-,14+/m1/s1. The highest BCUT2D eigenvalue weighted by atomic mass is 16.5. The number of aromatic nitrogens is 2. The molecule has 1 aliphatic rings. The van der Waals surface area contributed by atoms with E-state index < -0.39 is 0 Å². The molecule has 0 unspecified atom stereocenters. The summed E-state index contributed by atoms with van der Waals surface area (Å²) in [5.74, 6) is 2.01. The van der Waals surface area contributed by atoms with Gasteiger partial charge in [-0.15, -0.1) is 0 Å². The van der Waals surface area contributed by atoms with E-state index in [9.17, 15) is 4.79 Å². The van der Waals surface area contributed by atoms with Crippen LogP contribution in [0.25, 0.3) is 0 Å². The van der Waals surface area contributed by atoms with Gasteiger partial charge < -0.3 is 19.9 Å². The normalized spacial score (nSPS) is 18.4. The molecule has 3 rings (SSSR count). The molecule has 0 spiro atoms. The van der Waals surface area contributed by atoms with E-state index >= 15 is 0 Å². The molecule has 2 N–H and O–H groups in total. The number of fused-ring (bicyclic) bond motifs is 1. The van der Waals surface area contributed by atoms with E-state index in [4.69, 9.17) is 9.26 Å². The highest BCUT2D eigenvalue weighted by Crippen LogP contribution is 2.35. The number of nitrogens with zero attached hydrogens (tertiary/aromatic N) is 2. The Morgan fingerprint density at radius 1 is 1.38 bits per heavy atom. The number of hydrogen-bond donors (Lipinski definition) is 2. The number of hydrogen-bond acceptors (Lipinski definition) is 5. The van der Waals surface area contributed by atoms with Crippen LogP contribution in [0.1, 0.15) is 49.5 Å². The third kappa shape index (κ3) is 3.34. The molecular formula is C17H22N4O3. The van der Waals surface area contributed by atoms with Crippen LogP contribution in [-0.4, -0.2) is 28.8 Å². The third-order valence-corrected chi connectivity index (χ3v) is 4.27. The Morgan fingerprint density at radius 3 is 2.88 bits per heavy atom. The number of aryl methyl sites for hydroxylation is 1. The Bertz CT molecular complexity index is 715. The fourth-order valence-electron chi connectivity index (χ4n) is 2.91. The van der Waals surface area contributed by atoms with Gasteiger partial charge in [-0.3, -0.25) is 0 Å². The molecule has 7 nitrogen and oxygen atoms in total. The fourth-order valence-corrected chi connectivity index (χ4v) is 2.91. The van der Waals surface area contributed by atoms with Crippen LogP contribution in [0.5, 0.6) is 5.75 Å². The van der Waals surface area contributed by atoms with Crippen LogP contribution >= 0.6 is 0 Å². The number of nitrogens with one attached hydrogen (secondary N) is 2. The van der Waals surface area contributed by atoms with E-state index in [1.54, 1.807) is 6.92 Å². The summed E-state index contributed by atoms with van der Waals surface area (Å²) in [6, 6.07) is 7.35. The average Bonchev–Trinajstić information content (AvgIpc) is 3.18. The zero-order chi connectivity index (χ0) is 17.1. The number of rotatable bonds is 5. The predicted molar refractivity (Wildman–Crippen MR) is 87.9 cm³/mol. The second kappa shape index (κ2) is 6.90. The van der Waals surface area contributed by atoms with Gasteiger partial charge >= 0.3 is 6.03 Å². The first kappa shape index (κ1) is 16.3. The molecule has 24 heavy (non-hydrogen) atoms. The maximum Gasteiger partial charge on any atom is 0.315 e. The van der Waals surface area contributed by atoms with Crippen LogP contribution < -0.4 is 15.4 Å². The lowest BCUT2D eigenvalue weighted by atomic mass is 9.94. The zero-order valence-electron chi connectivity index (χ0n) is 14.1. The number of carbonyl (C=O) groups is 1. The number of urea groups is 1. The molecule has 2 amide bonds. The van der Waals surface area contributed by atoms with Gasteiger partial charge in [-0.2, -0.15) is 4.98 Å². The molecule has 0 fully saturated rings. The molecule has 128 valence electrons. The Hall–Kier alpha value is -2.57. The lowest BCUT2D eigenvalue weighted by molar-refractivity contribution is 0.228. The Morgan fingerprint density at radius 2 is 2.17 bits per heavy atom. The van der Waals surface area contributed by atoms with Crippen LogP contribution in [0.3, 0.4) is 0 Å². The van der Waals surface area contributed by atoms with Gasteiger partial charge in [0.2, 0.25) is 5.89 Å². The van der Waals surface area contributed by atoms with Gasteiger partial charge in [-0.05, 0) is 19.4 Å². The van der Waals surface area contributed by atoms with E-state index in [2.05, 4.69) is 20.8 Å². The van der Waals surface area contributed by atoms with Crippen molar-refractivity contribution in [2.75, 3.05) is 6.61 Å². The lowest BCUT2D eigenvalue weighted by Crippen LogP contribution is -2.45. The minimum Gasteiger partial charge on any atom is -0.493 e. The third-order valence-electron chi connectivity index (χ3n) is 4.27. The monoisotopic (exact) mass is 330 g/mol. The quantitative estimate of drug-likeness (QED) is 0.880. The zero-order valence-corrected chi connectivity index (χ0v) is 14.1. The van der Waals surface area contributed by atoms with E-state index in [1.165, 1.54) is 0 Å². The Balaban J connectivity index is 1.60. The summed E-state index contributed by atoms with van der Waals surface area (Å²) in [4.78, 5) is 16.5. The topological polar surface area (TPSA) is 89.3 Å². The fraction of sp³-hybridized carbons (Fsp3) is 0.471. The van der Waals surface area contributed by atoms with Crippen molar-refractivity contribution in [3.8, 4) is 5.75 Å². The summed E-state index contributed by atoms with van der Waals surface area (Å²) in [6.45, 7) is 6.24. The SMILES string of the molecule is CC[C@H](NC(=O)N[C@H](C)[C@H]1COc2ccccc21)c1noc(C)n1. The minimum atomic E-state index is -0.276. The number of carbonyl (C=O) groups excluding carboxylic acids is 1. The van der Waals surface area contributed by atoms with Crippen LogP contribution in [0, 0.1) is 6.92 Å². The molecule has 0 saturated heterocycles. The average molecular weight is 330 g/mol. The van der Waals surface area contributed by atoms with E-state index in [0.29, 0.717) is 24.7 Å². The number of amides is 2. The summed E-state index contributed by atoms with van der Waals surface area (Å²) in [5.41, 5.74) is 1.13. The minimum absolute atomic E-state index is 0.0573. The molecule has 0 aliphatic carbocycles. The maximum absolute atomic E-state index is 12.3. The second-order valence-electron chi connectivity index (χ2n) is 5.99. The van der Waals surface area contributed by atoms with Crippen molar-refractivity contribution >= 4 is 6.03 Å². The smallest absolute Gasteiger partial charge is 0.315 e. The summed E-state index contributed by atoms with van der Waals surface area (Å²) >= 11 is 0. The van der Waals surface area contributed by atoms with Crippen LogP contribution in [0.2, 0.25) is 0 Å². The molecule has 1 aromatic heterocycles. The second-order valence-corrected chi connectivity index (χ2v) is 5.99. The van der Waals surface area contributed by atoms with Crippen molar-refractivity contribution < 1.29 is 14.1 Å². The number of para-hydroxylation sites is 1. The molecular weight excluding hydrogens is 308 g/mol. The van der Waals surface area contributed by atoms with E-state index in [0.717, 1.165) is 11.3 Å². The van der Waals surface area contributed by atoms with Gasteiger partial charge in [-0.1, -0.05) is 30.3 Å². The van der Waals surface area contributed by atoms with Gasteiger partial charge in [0.25, 0.3) is 0 Å². The van der Waals surface area contributed by atoms with Crippen molar-refractivity contribution in [1.29, 1.82) is 0 Å². The van der Waals surface area contributed by atoms with E-state index in [1.807, 2.05) is 38.1 Å². The Kier molecular flexibility index (Phi) is 4.69. The van der Waals surface area contributed by atoms with Crippen LogP contribution in [0.15, 0.2) is 28.8 Å². The first-order valence-corrected chi connectivity index (χ1v) is 8.17. The summed E-state index contributed by atoms with van der Waals surface area (Å²) in [6.07, 6.45) is 0.677. The molecule has 1 aromatic carbocycles. The van der Waals surface area contributed by atoms with E-state index in [-0.39, 0.29) is 24.0 Å². The van der Waals surface area contributed by atoms with Crippen molar-refractivity contribution in [2.24, 2.45) is 0 Å². The molecule has 0 bridgehead atoms. The summed E-state index contributed by atoms with van der Waals surface area (Å²) in [7, 11) is 0. The van der Waals surface area contributed by atoms with Gasteiger partial charge in [-0.25, -0.2) is 4.79 Å². The molecule has 2 heterocycles. The van der Waals surface area contributed by atoms with Crippen molar-refractivity contribution in [1.82, 2.24) is 20.8 Å². The highest BCUT2D eigenvalue weighted by molar-refractivity contribution is 5.74. The summed E-state index contributed by atoms with van der Waals surface area (Å²) < 4.78 is 10.7. The first-order chi connectivity index (χ1) is 11.6. The molecule has 1 aliphatic heterocycles. The molecule has 7 heteroatoms. The number of ether oxygens (including phenoxy) is 1. The molecule has 0 radical (unpaired) electrons. The molecule has 2 aromatic rings. The Labute approximate surface area is 140 Å². The van der Waals surface area contributed by atoms with Crippen LogP contribution in [0.4, 0.5) is 4.79 Å². The largest absolute Gasteiger partial charge is 0.493 e. The maximum atomic E-state index is 12.3. The van der Waals surface area contributed by atoms with Crippen molar-refractivity contribution in [2.45, 2.75) is 45.2 Å².